The normalized spacial score (nSPS) is 14.7. The second kappa shape index (κ2) is 5.64. The lowest BCUT2D eigenvalue weighted by atomic mass is 10.1. The van der Waals surface area contributed by atoms with Crippen LogP contribution in [0.15, 0.2) is 18.2 Å². The van der Waals surface area contributed by atoms with Gasteiger partial charge < -0.3 is 10.0 Å². The van der Waals surface area contributed by atoms with Crippen LogP contribution in [-0.4, -0.2) is 28.5 Å². The van der Waals surface area contributed by atoms with Crippen LogP contribution in [0.5, 0.6) is 5.75 Å². The third-order valence-electron chi connectivity index (χ3n) is 3.58. The van der Waals surface area contributed by atoms with E-state index in [4.69, 9.17) is 0 Å². The van der Waals surface area contributed by atoms with Crippen LogP contribution in [0.3, 0.4) is 0 Å². The molecular formula is C16H23NO2. The lowest BCUT2D eigenvalue weighted by Gasteiger charge is -2.24. The van der Waals surface area contributed by atoms with E-state index in [2.05, 4.69) is 13.8 Å². The third kappa shape index (κ3) is 3.49. The Morgan fingerprint density at radius 3 is 2.68 bits per heavy atom. The van der Waals surface area contributed by atoms with E-state index in [0.29, 0.717) is 17.5 Å². The lowest BCUT2D eigenvalue weighted by Crippen LogP contribution is -2.34. The van der Waals surface area contributed by atoms with Crippen molar-refractivity contribution >= 4 is 5.91 Å². The zero-order valence-corrected chi connectivity index (χ0v) is 12.0. The number of aryl methyl sites for hydroxylation is 1. The smallest absolute Gasteiger partial charge is 0.257 e. The maximum atomic E-state index is 12.6. The number of benzene rings is 1. The number of hydrogen-bond donors (Lipinski definition) is 1. The van der Waals surface area contributed by atoms with Crippen molar-refractivity contribution in [2.24, 2.45) is 5.92 Å². The van der Waals surface area contributed by atoms with Gasteiger partial charge in [-0.15, -0.1) is 0 Å². The van der Waals surface area contributed by atoms with Crippen LogP contribution in [0.4, 0.5) is 0 Å². The van der Waals surface area contributed by atoms with E-state index in [-0.39, 0.29) is 11.7 Å². The monoisotopic (exact) mass is 261 g/mol. The Bertz CT molecular complexity index is 464. The molecule has 3 heteroatoms. The molecular weight excluding hydrogens is 238 g/mol. The summed E-state index contributed by atoms with van der Waals surface area (Å²) in [6.07, 6.45) is 3.20. The summed E-state index contributed by atoms with van der Waals surface area (Å²) >= 11 is 0. The van der Waals surface area contributed by atoms with Crippen molar-refractivity contribution in [3.8, 4) is 5.75 Å². The standard InChI is InChI=1S/C16H23NO2/c1-11(2)8-9-17(13-5-6-13)16(19)14-10-12(3)4-7-15(14)18/h4,7,10-11,13,18H,5-6,8-9H2,1-3H3. The molecule has 1 fully saturated rings. The molecule has 19 heavy (non-hydrogen) atoms. The zero-order chi connectivity index (χ0) is 14.0. The van der Waals surface area contributed by atoms with Gasteiger partial charge in [-0.3, -0.25) is 4.79 Å². The highest BCUT2D eigenvalue weighted by atomic mass is 16.3. The van der Waals surface area contributed by atoms with E-state index in [1.807, 2.05) is 17.9 Å². The molecule has 0 aliphatic heterocycles. The quantitative estimate of drug-likeness (QED) is 0.883. The molecule has 2 rings (SSSR count). The molecule has 0 atom stereocenters. The Kier molecular flexibility index (Phi) is 4.13. The highest BCUT2D eigenvalue weighted by molar-refractivity contribution is 5.97. The first-order valence-corrected chi connectivity index (χ1v) is 7.09. The molecule has 0 aromatic heterocycles. The van der Waals surface area contributed by atoms with Gasteiger partial charge in [-0.25, -0.2) is 0 Å². The van der Waals surface area contributed by atoms with Gasteiger partial charge in [0.05, 0.1) is 5.56 Å². The van der Waals surface area contributed by atoms with E-state index >= 15 is 0 Å². The number of carbonyl (C=O) groups is 1. The summed E-state index contributed by atoms with van der Waals surface area (Å²) in [6, 6.07) is 5.59. The van der Waals surface area contributed by atoms with E-state index < -0.39 is 0 Å². The number of phenols is 1. The molecule has 1 N–H and O–H groups in total. The molecule has 0 radical (unpaired) electrons. The average Bonchev–Trinajstić information content (AvgIpc) is 3.16. The molecule has 0 bridgehead atoms. The second-order valence-corrected chi connectivity index (χ2v) is 5.93. The number of hydrogen-bond acceptors (Lipinski definition) is 2. The number of nitrogens with zero attached hydrogens (tertiary/aromatic N) is 1. The SMILES string of the molecule is Cc1ccc(O)c(C(=O)N(CCC(C)C)C2CC2)c1. The van der Waals surface area contributed by atoms with Crippen LogP contribution in [0.25, 0.3) is 0 Å². The molecule has 1 aromatic carbocycles. The van der Waals surface area contributed by atoms with Gasteiger partial charge in [0, 0.05) is 12.6 Å². The maximum Gasteiger partial charge on any atom is 0.257 e. The zero-order valence-electron chi connectivity index (χ0n) is 12.0. The van der Waals surface area contributed by atoms with Gasteiger partial charge in [0.1, 0.15) is 5.75 Å². The van der Waals surface area contributed by atoms with Crippen molar-refractivity contribution in [1.82, 2.24) is 4.90 Å². The minimum Gasteiger partial charge on any atom is -0.507 e. The van der Waals surface area contributed by atoms with Crippen molar-refractivity contribution in [2.45, 2.75) is 46.1 Å². The number of phenolic OH excluding ortho intramolecular Hbond substituents is 1. The van der Waals surface area contributed by atoms with Crippen LogP contribution in [0.2, 0.25) is 0 Å². The van der Waals surface area contributed by atoms with Gasteiger partial charge in [-0.05, 0) is 44.2 Å². The first-order valence-electron chi connectivity index (χ1n) is 7.09. The van der Waals surface area contributed by atoms with E-state index in [9.17, 15) is 9.90 Å². The Labute approximate surface area is 115 Å². The Morgan fingerprint density at radius 2 is 2.11 bits per heavy atom. The van der Waals surface area contributed by atoms with Gasteiger partial charge >= 0.3 is 0 Å². The number of carbonyl (C=O) groups excluding carboxylic acids is 1. The van der Waals surface area contributed by atoms with Gasteiger partial charge in [0.15, 0.2) is 0 Å². The molecule has 0 saturated heterocycles. The van der Waals surface area contributed by atoms with Gasteiger partial charge in [-0.2, -0.15) is 0 Å². The van der Waals surface area contributed by atoms with Crippen LogP contribution in [-0.2, 0) is 0 Å². The van der Waals surface area contributed by atoms with Gasteiger partial charge in [0.25, 0.3) is 5.91 Å². The Hall–Kier alpha value is -1.51. The van der Waals surface area contributed by atoms with Crippen molar-refractivity contribution in [3.05, 3.63) is 29.3 Å². The molecule has 0 unspecified atom stereocenters. The minimum absolute atomic E-state index is 0.0237. The van der Waals surface area contributed by atoms with E-state index in [0.717, 1.165) is 31.4 Å². The summed E-state index contributed by atoms with van der Waals surface area (Å²) in [7, 11) is 0. The fourth-order valence-corrected chi connectivity index (χ4v) is 2.21. The van der Waals surface area contributed by atoms with Crippen LogP contribution in [0.1, 0.15) is 49.0 Å². The summed E-state index contributed by atoms with van der Waals surface area (Å²) in [6.45, 7) is 7.06. The summed E-state index contributed by atoms with van der Waals surface area (Å²) in [5.74, 6) is 0.648. The van der Waals surface area contributed by atoms with Crippen molar-refractivity contribution < 1.29 is 9.90 Å². The van der Waals surface area contributed by atoms with Gasteiger partial charge in [-0.1, -0.05) is 25.5 Å². The molecule has 1 aromatic rings. The molecule has 3 nitrogen and oxygen atoms in total. The van der Waals surface area contributed by atoms with E-state index in [1.54, 1.807) is 12.1 Å². The molecule has 1 aliphatic rings. The molecule has 0 spiro atoms. The summed E-state index contributed by atoms with van der Waals surface area (Å²) in [5.41, 5.74) is 1.44. The molecule has 1 amide bonds. The van der Waals surface area contributed by atoms with Crippen LogP contribution < -0.4 is 0 Å². The predicted molar refractivity (Wildman–Crippen MR) is 76.4 cm³/mol. The first-order chi connectivity index (χ1) is 8.99. The lowest BCUT2D eigenvalue weighted by molar-refractivity contribution is 0.0732. The molecule has 1 saturated carbocycles. The number of aromatic hydroxyl groups is 1. The maximum absolute atomic E-state index is 12.6. The van der Waals surface area contributed by atoms with Crippen molar-refractivity contribution in [2.75, 3.05) is 6.54 Å². The highest BCUT2D eigenvalue weighted by Crippen LogP contribution is 2.30. The number of rotatable bonds is 5. The fourth-order valence-electron chi connectivity index (χ4n) is 2.21. The largest absolute Gasteiger partial charge is 0.507 e. The van der Waals surface area contributed by atoms with Crippen molar-refractivity contribution in [1.29, 1.82) is 0 Å². The van der Waals surface area contributed by atoms with Crippen molar-refractivity contribution in [3.63, 3.8) is 0 Å². The molecule has 0 heterocycles. The van der Waals surface area contributed by atoms with Crippen LogP contribution in [0, 0.1) is 12.8 Å². The molecule has 104 valence electrons. The Morgan fingerprint density at radius 1 is 1.42 bits per heavy atom. The average molecular weight is 261 g/mol. The third-order valence-corrected chi connectivity index (χ3v) is 3.58. The predicted octanol–water partition coefficient (Wildman–Crippen LogP) is 3.35. The Balaban J connectivity index is 2.16. The summed E-state index contributed by atoms with van der Waals surface area (Å²) in [5, 5.41) is 9.89. The first kappa shape index (κ1) is 13.9. The highest BCUT2D eigenvalue weighted by Gasteiger charge is 2.33. The van der Waals surface area contributed by atoms with E-state index in [1.165, 1.54) is 0 Å². The fraction of sp³-hybridized carbons (Fsp3) is 0.562. The topological polar surface area (TPSA) is 40.5 Å². The van der Waals surface area contributed by atoms with Gasteiger partial charge in [0.2, 0.25) is 0 Å². The second-order valence-electron chi connectivity index (χ2n) is 5.93. The summed E-state index contributed by atoms with van der Waals surface area (Å²) < 4.78 is 0. The molecule has 1 aliphatic carbocycles. The van der Waals surface area contributed by atoms with Crippen LogP contribution >= 0.6 is 0 Å². The summed E-state index contributed by atoms with van der Waals surface area (Å²) in [4.78, 5) is 14.5. The number of amides is 1. The minimum atomic E-state index is -0.0237.